The van der Waals surface area contributed by atoms with Crippen molar-refractivity contribution in [3.05, 3.63) is 80.1 Å². The summed E-state index contributed by atoms with van der Waals surface area (Å²) in [6, 6.07) is 6.75. The van der Waals surface area contributed by atoms with Gasteiger partial charge in [-0.1, -0.05) is 11.2 Å². The van der Waals surface area contributed by atoms with E-state index in [0.717, 1.165) is 10.8 Å². The molecule has 0 fully saturated rings. The predicted molar refractivity (Wildman–Crippen MR) is 138 cm³/mol. The molecule has 1 aliphatic rings. The second-order valence-corrected chi connectivity index (χ2v) is 9.24. The van der Waals surface area contributed by atoms with E-state index < -0.39 is 35.1 Å². The Morgan fingerprint density at radius 2 is 2.00 bits per heavy atom. The summed E-state index contributed by atoms with van der Waals surface area (Å²) in [5, 5.41) is 9.42. The SMILES string of the molecule is Cc1cc(Cn2c(=O)[nH]c3c(c2=O)N([C@@H](C)C(=O)Nc2cccc(-c4cnc(C(F)(F)F)c(C)c4)n2)CN3)no1. The van der Waals surface area contributed by atoms with E-state index >= 15 is 0 Å². The lowest BCUT2D eigenvalue weighted by molar-refractivity contribution is -0.141. The van der Waals surface area contributed by atoms with Gasteiger partial charge < -0.3 is 20.1 Å². The fraction of sp³-hybridized carbons (Fsp3) is 0.280. The van der Waals surface area contributed by atoms with Crippen molar-refractivity contribution in [3.63, 3.8) is 0 Å². The van der Waals surface area contributed by atoms with Crippen LogP contribution < -0.4 is 26.8 Å². The highest BCUT2D eigenvalue weighted by molar-refractivity contribution is 5.97. The van der Waals surface area contributed by atoms with Crippen LogP contribution >= 0.6 is 0 Å². The number of H-pyrrole nitrogens is 1. The van der Waals surface area contributed by atoms with Crippen molar-refractivity contribution in [1.82, 2.24) is 24.7 Å². The van der Waals surface area contributed by atoms with E-state index in [2.05, 4.69) is 30.7 Å². The largest absolute Gasteiger partial charge is 0.433 e. The first-order valence-electron chi connectivity index (χ1n) is 12.0. The van der Waals surface area contributed by atoms with Gasteiger partial charge in [-0.3, -0.25) is 24.1 Å². The van der Waals surface area contributed by atoms with E-state index in [-0.39, 0.29) is 36.1 Å². The molecular weight excluding hydrogens is 533 g/mol. The molecule has 208 valence electrons. The first-order valence-corrected chi connectivity index (χ1v) is 12.0. The number of aromatic amines is 1. The van der Waals surface area contributed by atoms with Crippen LogP contribution in [0.4, 0.5) is 30.5 Å². The molecule has 1 atom stereocenters. The van der Waals surface area contributed by atoms with Gasteiger partial charge >= 0.3 is 11.9 Å². The highest BCUT2D eigenvalue weighted by atomic mass is 19.4. The molecule has 0 unspecified atom stereocenters. The lowest BCUT2D eigenvalue weighted by Crippen LogP contribution is -2.45. The molecule has 0 radical (unpaired) electrons. The van der Waals surface area contributed by atoms with Crippen LogP contribution in [0.25, 0.3) is 11.3 Å². The molecule has 0 bridgehead atoms. The Labute approximate surface area is 223 Å². The third kappa shape index (κ3) is 5.04. The maximum atomic E-state index is 13.3. The van der Waals surface area contributed by atoms with Gasteiger partial charge in [-0.05, 0) is 44.5 Å². The monoisotopic (exact) mass is 556 g/mol. The average Bonchev–Trinajstić information content (AvgIpc) is 3.51. The molecule has 40 heavy (non-hydrogen) atoms. The van der Waals surface area contributed by atoms with Gasteiger partial charge in [0, 0.05) is 17.8 Å². The van der Waals surface area contributed by atoms with Gasteiger partial charge in [0.2, 0.25) is 5.91 Å². The highest BCUT2D eigenvalue weighted by Gasteiger charge is 2.35. The number of alkyl halides is 3. The van der Waals surface area contributed by atoms with E-state index in [1.165, 1.54) is 24.0 Å². The fourth-order valence-corrected chi connectivity index (χ4v) is 4.38. The number of hydrogen-bond acceptors (Lipinski definition) is 9. The zero-order valence-corrected chi connectivity index (χ0v) is 21.5. The molecule has 0 spiro atoms. The summed E-state index contributed by atoms with van der Waals surface area (Å²) in [4.78, 5) is 51.0. The van der Waals surface area contributed by atoms with E-state index in [1.807, 2.05) is 0 Å². The van der Waals surface area contributed by atoms with Crippen molar-refractivity contribution < 1.29 is 22.5 Å². The van der Waals surface area contributed by atoms with Crippen LogP contribution in [0.3, 0.4) is 0 Å². The smallest absolute Gasteiger partial charge is 0.361 e. The molecule has 4 aromatic heterocycles. The van der Waals surface area contributed by atoms with Crippen LogP contribution in [-0.4, -0.2) is 43.3 Å². The Morgan fingerprint density at radius 3 is 2.67 bits per heavy atom. The van der Waals surface area contributed by atoms with Crippen LogP contribution in [0.15, 0.2) is 50.6 Å². The zero-order chi connectivity index (χ0) is 28.8. The molecule has 4 aromatic rings. The summed E-state index contributed by atoms with van der Waals surface area (Å²) in [5.74, 6) is 0.356. The number of anilines is 3. The predicted octanol–water partition coefficient (Wildman–Crippen LogP) is 2.88. The van der Waals surface area contributed by atoms with Crippen molar-refractivity contribution in [1.29, 1.82) is 0 Å². The third-order valence-corrected chi connectivity index (χ3v) is 6.36. The van der Waals surface area contributed by atoms with Gasteiger partial charge in [0.25, 0.3) is 5.56 Å². The number of carbonyl (C=O) groups excluding carboxylic acids is 1. The number of halogens is 3. The minimum absolute atomic E-state index is 0.0579. The number of carbonyl (C=O) groups is 1. The number of rotatable bonds is 6. The van der Waals surface area contributed by atoms with Crippen LogP contribution in [-0.2, 0) is 17.5 Å². The number of pyridine rings is 2. The number of fused-ring (bicyclic) bond motifs is 1. The Bertz CT molecular complexity index is 1730. The van der Waals surface area contributed by atoms with Crippen molar-refractivity contribution >= 4 is 23.2 Å². The number of aryl methyl sites for hydroxylation is 2. The summed E-state index contributed by atoms with van der Waals surface area (Å²) >= 11 is 0. The fourth-order valence-electron chi connectivity index (χ4n) is 4.38. The van der Waals surface area contributed by atoms with Gasteiger partial charge in [-0.25, -0.2) is 9.78 Å². The van der Waals surface area contributed by atoms with Gasteiger partial charge in [0.05, 0.1) is 18.9 Å². The second-order valence-electron chi connectivity index (χ2n) is 9.24. The highest BCUT2D eigenvalue weighted by Crippen LogP contribution is 2.32. The summed E-state index contributed by atoms with van der Waals surface area (Å²) in [5.41, 5.74) is -1.15. The van der Waals surface area contributed by atoms with E-state index in [0.29, 0.717) is 22.7 Å². The molecule has 5 rings (SSSR count). The number of nitrogens with one attached hydrogen (secondary N) is 3. The minimum Gasteiger partial charge on any atom is -0.361 e. The molecule has 0 aromatic carbocycles. The summed E-state index contributed by atoms with van der Waals surface area (Å²) in [6.07, 6.45) is -3.50. The maximum absolute atomic E-state index is 13.3. The Balaban J connectivity index is 1.36. The lowest BCUT2D eigenvalue weighted by atomic mass is 10.1. The van der Waals surface area contributed by atoms with Crippen molar-refractivity contribution in [2.75, 3.05) is 22.2 Å². The zero-order valence-electron chi connectivity index (χ0n) is 21.5. The summed E-state index contributed by atoms with van der Waals surface area (Å²) < 4.78 is 45.2. The number of hydrogen-bond donors (Lipinski definition) is 3. The molecule has 1 aliphatic heterocycles. The minimum atomic E-state index is -4.57. The normalized spacial score (nSPS) is 13.6. The Morgan fingerprint density at radius 1 is 1.23 bits per heavy atom. The van der Waals surface area contributed by atoms with Crippen LogP contribution in [0, 0.1) is 13.8 Å². The first kappa shape index (κ1) is 26.6. The molecule has 5 heterocycles. The van der Waals surface area contributed by atoms with Crippen LogP contribution in [0.1, 0.15) is 29.6 Å². The molecule has 15 heteroatoms. The first-order chi connectivity index (χ1) is 18.9. The van der Waals surface area contributed by atoms with E-state index in [1.54, 1.807) is 32.0 Å². The van der Waals surface area contributed by atoms with Gasteiger partial charge in [0.1, 0.15) is 40.5 Å². The molecule has 0 saturated heterocycles. The lowest BCUT2D eigenvalue weighted by Gasteiger charge is -2.24. The van der Waals surface area contributed by atoms with Crippen molar-refractivity contribution in [2.24, 2.45) is 0 Å². The maximum Gasteiger partial charge on any atom is 0.433 e. The molecular formula is C25H23F3N8O4. The van der Waals surface area contributed by atoms with Gasteiger partial charge in [-0.15, -0.1) is 0 Å². The average molecular weight is 557 g/mol. The second kappa shape index (κ2) is 9.98. The van der Waals surface area contributed by atoms with Gasteiger partial charge in [-0.2, -0.15) is 13.2 Å². The quantitative estimate of drug-likeness (QED) is 0.326. The van der Waals surface area contributed by atoms with Crippen LogP contribution in [0.5, 0.6) is 0 Å². The van der Waals surface area contributed by atoms with E-state index in [9.17, 15) is 27.6 Å². The number of nitrogens with zero attached hydrogens (tertiary/aromatic N) is 5. The molecule has 3 N–H and O–H groups in total. The summed E-state index contributed by atoms with van der Waals surface area (Å²) in [7, 11) is 0. The van der Waals surface area contributed by atoms with Gasteiger partial charge in [0.15, 0.2) is 0 Å². The Kier molecular flexibility index (Phi) is 6.65. The molecule has 0 aliphatic carbocycles. The topological polar surface area (TPSA) is 151 Å². The van der Waals surface area contributed by atoms with Crippen molar-refractivity contribution in [3.8, 4) is 11.3 Å². The Hall–Kier alpha value is -4.95. The molecule has 1 amide bonds. The number of aromatic nitrogens is 5. The van der Waals surface area contributed by atoms with Crippen LogP contribution in [0.2, 0.25) is 0 Å². The van der Waals surface area contributed by atoms with Crippen molar-refractivity contribution in [2.45, 2.75) is 39.5 Å². The standard InChI is InChI=1S/C25H23F3N8O4/c1-12-7-15(9-29-20(12)25(26,27)28)17-5-4-6-18(31-17)32-22(37)14(3)36-11-30-21-19(36)23(38)35(24(39)33-21)10-16-8-13(2)40-34-16/h4-9,14,30H,10-11H2,1-3H3,(H,33,39)(H,31,32,37)/t14-/m0/s1. The summed E-state index contributed by atoms with van der Waals surface area (Å²) in [6.45, 7) is 4.52. The number of amides is 1. The van der Waals surface area contributed by atoms with E-state index in [4.69, 9.17) is 4.52 Å². The third-order valence-electron chi connectivity index (χ3n) is 6.36. The molecule has 0 saturated carbocycles. The molecule has 12 nitrogen and oxygen atoms in total.